The maximum atomic E-state index is 12.7. The van der Waals surface area contributed by atoms with Crippen LogP contribution in [0.25, 0.3) is 0 Å². The first-order chi connectivity index (χ1) is 13.1. The largest absolute Gasteiger partial charge is 0.497 e. The molecule has 144 valence electrons. The van der Waals surface area contributed by atoms with Crippen molar-refractivity contribution in [2.24, 2.45) is 0 Å². The first-order valence-corrected chi connectivity index (χ1v) is 9.46. The van der Waals surface area contributed by atoms with Crippen LogP contribution in [0.15, 0.2) is 48.5 Å². The Morgan fingerprint density at radius 3 is 2.33 bits per heavy atom. The van der Waals surface area contributed by atoms with Gasteiger partial charge in [0.05, 0.1) is 13.7 Å². The van der Waals surface area contributed by atoms with Crippen LogP contribution < -0.4 is 9.64 Å². The van der Waals surface area contributed by atoms with Crippen LogP contribution >= 0.6 is 0 Å². The number of methoxy groups -OCH3 is 1. The predicted molar refractivity (Wildman–Crippen MR) is 109 cm³/mol. The summed E-state index contributed by atoms with van der Waals surface area (Å²) in [6, 6.07) is 16.5. The van der Waals surface area contributed by atoms with E-state index < -0.39 is 0 Å². The van der Waals surface area contributed by atoms with Crippen molar-refractivity contribution in [3.8, 4) is 5.75 Å². The topological polar surface area (TPSA) is 36.0 Å². The van der Waals surface area contributed by atoms with E-state index in [1.54, 1.807) is 7.11 Å². The number of benzene rings is 2. The number of carbonyl (C=O) groups excluding carboxylic acids is 1. The lowest BCUT2D eigenvalue weighted by molar-refractivity contribution is -0.132. The van der Waals surface area contributed by atoms with Gasteiger partial charge in [-0.25, -0.2) is 0 Å². The zero-order valence-electron chi connectivity index (χ0n) is 16.5. The molecule has 5 nitrogen and oxygen atoms in total. The minimum Gasteiger partial charge on any atom is -0.497 e. The molecule has 0 spiro atoms. The molecule has 0 aliphatic carbocycles. The Labute approximate surface area is 162 Å². The van der Waals surface area contributed by atoms with Gasteiger partial charge in [-0.1, -0.05) is 24.3 Å². The van der Waals surface area contributed by atoms with Crippen LogP contribution in [0.2, 0.25) is 0 Å². The number of nitrogens with zero attached hydrogens (tertiary/aromatic N) is 3. The van der Waals surface area contributed by atoms with Crippen LogP contribution in [-0.4, -0.2) is 62.6 Å². The minimum absolute atomic E-state index is 0.209. The van der Waals surface area contributed by atoms with E-state index in [1.807, 2.05) is 30.1 Å². The van der Waals surface area contributed by atoms with E-state index in [-0.39, 0.29) is 5.91 Å². The van der Waals surface area contributed by atoms with Gasteiger partial charge in [-0.15, -0.1) is 0 Å². The van der Waals surface area contributed by atoms with Gasteiger partial charge in [0.25, 0.3) is 0 Å². The normalized spacial score (nSPS) is 14.5. The Morgan fingerprint density at radius 1 is 1.04 bits per heavy atom. The van der Waals surface area contributed by atoms with Gasteiger partial charge >= 0.3 is 0 Å². The second-order valence-corrected chi connectivity index (χ2v) is 7.16. The van der Waals surface area contributed by atoms with Crippen molar-refractivity contribution in [2.45, 2.75) is 13.5 Å². The van der Waals surface area contributed by atoms with Crippen molar-refractivity contribution in [3.05, 3.63) is 59.7 Å². The van der Waals surface area contributed by atoms with Crippen molar-refractivity contribution >= 4 is 11.6 Å². The van der Waals surface area contributed by atoms with Crippen molar-refractivity contribution in [3.63, 3.8) is 0 Å². The average molecular weight is 367 g/mol. The molecule has 5 heteroatoms. The van der Waals surface area contributed by atoms with Crippen molar-refractivity contribution < 1.29 is 9.53 Å². The molecular weight excluding hydrogens is 338 g/mol. The van der Waals surface area contributed by atoms with E-state index in [0.29, 0.717) is 6.54 Å². The summed E-state index contributed by atoms with van der Waals surface area (Å²) >= 11 is 0. The highest BCUT2D eigenvalue weighted by Crippen LogP contribution is 2.20. The van der Waals surface area contributed by atoms with Crippen molar-refractivity contribution in [1.29, 1.82) is 0 Å². The molecule has 0 aromatic heterocycles. The molecule has 1 heterocycles. The van der Waals surface area contributed by atoms with Crippen molar-refractivity contribution in [1.82, 2.24) is 9.80 Å². The summed E-state index contributed by atoms with van der Waals surface area (Å²) in [6.07, 6.45) is 0. The summed E-state index contributed by atoms with van der Waals surface area (Å²) in [4.78, 5) is 19.1. The second-order valence-electron chi connectivity index (χ2n) is 7.16. The number of piperazine rings is 1. The zero-order chi connectivity index (χ0) is 19.2. The van der Waals surface area contributed by atoms with Gasteiger partial charge in [0.1, 0.15) is 5.75 Å². The molecule has 1 aliphatic heterocycles. The Balaban J connectivity index is 1.48. The maximum absolute atomic E-state index is 12.7. The lowest BCUT2D eigenvalue weighted by atomic mass is 10.1. The first-order valence-electron chi connectivity index (χ1n) is 9.46. The zero-order valence-corrected chi connectivity index (χ0v) is 16.5. The third-order valence-corrected chi connectivity index (χ3v) is 5.18. The molecule has 2 aromatic rings. The van der Waals surface area contributed by atoms with E-state index in [2.05, 4.69) is 47.1 Å². The van der Waals surface area contributed by atoms with E-state index in [1.165, 1.54) is 16.8 Å². The number of rotatable bonds is 6. The Bertz CT molecular complexity index is 752. The van der Waals surface area contributed by atoms with Crippen LogP contribution in [0.3, 0.4) is 0 Å². The summed E-state index contributed by atoms with van der Waals surface area (Å²) in [5.74, 6) is 1.07. The summed E-state index contributed by atoms with van der Waals surface area (Å²) in [7, 11) is 3.69. The summed E-state index contributed by atoms with van der Waals surface area (Å²) in [5, 5.41) is 0. The smallest absolute Gasteiger partial charge is 0.236 e. The third-order valence-electron chi connectivity index (χ3n) is 5.18. The number of ether oxygens (including phenoxy) is 1. The fourth-order valence-corrected chi connectivity index (χ4v) is 3.47. The van der Waals surface area contributed by atoms with Crippen molar-refractivity contribution in [2.75, 3.05) is 51.8 Å². The molecule has 1 saturated heterocycles. The highest BCUT2D eigenvalue weighted by atomic mass is 16.5. The molecule has 0 atom stereocenters. The molecule has 0 bridgehead atoms. The number of carbonyl (C=O) groups is 1. The molecular formula is C22H29N3O2. The van der Waals surface area contributed by atoms with E-state index >= 15 is 0 Å². The summed E-state index contributed by atoms with van der Waals surface area (Å²) in [6.45, 7) is 6.62. The average Bonchev–Trinajstić information content (AvgIpc) is 2.70. The number of anilines is 1. The van der Waals surface area contributed by atoms with Gasteiger partial charge in [0, 0.05) is 38.4 Å². The molecule has 0 saturated carbocycles. The number of hydrogen-bond donors (Lipinski definition) is 0. The Kier molecular flexibility index (Phi) is 6.35. The van der Waals surface area contributed by atoms with Gasteiger partial charge in [-0.3, -0.25) is 9.69 Å². The number of amides is 1. The van der Waals surface area contributed by atoms with Gasteiger partial charge in [0.15, 0.2) is 0 Å². The van der Waals surface area contributed by atoms with E-state index in [4.69, 9.17) is 4.74 Å². The SMILES string of the molecule is COc1ccc(N2CCN(C(=O)CN(C)Cc3ccccc3C)CC2)cc1. The minimum atomic E-state index is 0.209. The molecule has 3 rings (SSSR count). The molecule has 2 aromatic carbocycles. The fourth-order valence-electron chi connectivity index (χ4n) is 3.47. The van der Waals surface area contributed by atoms with Gasteiger partial charge < -0.3 is 14.5 Å². The summed E-state index contributed by atoms with van der Waals surface area (Å²) in [5.41, 5.74) is 3.72. The lowest BCUT2D eigenvalue weighted by Gasteiger charge is -2.36. The molecule has 1 amide bonds. The Morgan fingerprint density at radius 2 is 1.70 bits per heavy atom. The Hall–Kier alpha value is -2.53. The quantitative estimate of drug-likeness (QED) is 0.787. The van der Waals surface area contributed by atoms with E-state index in [0.717, 1.165) is 38.5 Å². The number of likely N-dealkylation sites (N-methyl/N-ethyl adjacent to an activating group) is 1. The summed E-state index contributed by atoms with van der Waals surface area (Å²) < 4.78 is 5.22. The first kappa shape index (κ1) is 19.2. The fraction of sp³-hybridized carbons (Fsp3) is 0.409. The van der Waals surface area contributed by atoms with Crippen LogP contribution in [0.4, 0.5) is 5.69 Å². The van der Waals surface area contributed by atoms with E-state index in [9.17, 15) is 4.79 Å². The third kappa shape index (κ3) is 5.01. The number of hydrogen-bond acceptors (Lipinski definition) is 4. The molecule has 0 radical (unpaired) electrons. The maximum Gasteiger partial charge on any atom is 0.236 e. The molecule has 1 aliphatic rings. The highest BCUT2D eigenvalue weighted by molar-refractivity contribution is 5.78. The van der Waals surface area contributed by atoms with Crippen LogP contribution in [0.5, 0.6) is 5.75 Å². The van der Waals surface area contributed by atoms with Crippen LogP contribution in [0.1, 0.15) is 11.1 Å². The van der Waals surface area contributed by atoms with Gasteiger partial charge in [-0.2, -0.15) is 0 Å². The number of aryl methyl sites for hydroxylation is 1. The predicted octanol–water partition coefficient (Wildman–Crippen LogP) is 2.78. The molecule has 27 heavy (non-hydrogen) atoms. The van der Waals surface area contributed by atoms with Crippen LogP contribution in [-0.2, 0) is 11.3 Å². The molecule has 0 unspecified atom stereocenters. The lowest BCUT2D eigenvalue weighted by Crippen LogP contribution is -2.51. The monoisotopic (exact) mass is 367 g/mol. The molecule has 1 fully saturated rings. The second kappa shape index (κ2) is 8.91. The highest BCUT2D eigenvalue weighted by Gasteiger charge is 2.22. The van der Waals surface area contributed by atoms with Crippen LogP contribution in [0, 0.1) is 6.92 Å². The standard InChI is InChI=1S/C22H29N3O2/c1-18-6-4-5-7-19(18)16-23(2)17-22(26)25-14-12-24(13-15-25)20-8-10-21(27-3)11-9-20/h4-11H,12-17H2,1-3H3. The van der Waals surface area contributed by atoms with Gasteiger partial charge in [0.2, 0.25) is 5.91 Å². The molecule has 0 N–H and O–H groups in total. The van der Waals surface area contributed by atoms with Gasteiger partial charge in [-0.05, 0) is 49.4 Å².